The van der Waals surface area contributed by atoms with E-state index in [-0.39, 0.29) is 16.4 Å². The van der Waals surface area contributed by atoms with Gasteiger partial charge in [0.1, 0.15) is 6.54 Å². The molecule has 0 saturated carbocycles. The maximum Gasteiger partial charge on any atom is 0.408 e. The zero-order chi connectivity index (χ0) is 15.8. The van der Waals surface area contributed by atoms with Gasteiger partial charge in [-0.05, 0) is 6.92 Å². The Morgan fingerprint density at radius 2 is 2.14 bits per heavy atom. The molecule has 10 heteroatoms. The van der Waals surface area contributed by atoms with Crippen molar-refractivity contribution in [2.24, 2.45) is 7.05 Å². The molecule has 0 unspecified atom stereocenters. The van der Waals surface area contributed by atoms with E-state index in [2.05, 4.69) is 15.5 Å². The molecule has 6 nitrogen and oxygen atoms in total. The molecule has 0 aromatic carbocycles. The summed E-state index contributed by atoms with van der Waals surface area (Å²) >= 11 is 5.95. The number of aromatic nitrogens is 4. The Bertz CT molecular complexity index is 676. The lowest BCUT2D eigenvalue weighted by molar-refractivity contribution is -0.142. The van der Waals surface area contributed by atoms with Crippen LogP contribution < -0.4 is 5.32 Å². The number of nitrogens with zero attached hydrogens (tertiary/aromatic N) is 4. The van der Waals surface area contributed by atoms with Gasteiger partial charge < -0.3 is 5.32 Å². The minimum atomic E-state index is -4.38. The zero-order valence-electron chi connectivity index (χ0n) is 11.1. The summed E-state index contributed by atoms with van der Waals surface area (Å²) in [5.74, 6) is -0.616. The first kappa shape index (κ1) is 15.4. The lowest BCUT2D eigenvalue weighted by atomic mass is 10.3. The molecule has 0 aliphatic heterocycles. The number of hydrogen-bond donors (Lipinski definition) is 1. The van der Waals surface area contributed by atoms with E-state index in [0.29, 0.717) is 10.4 Å². The topological polar surface area (TPSA) is 64.7 Å². The standard InChI is InChI=1S/C11H11ClF3N5O/c1-6-8(12)9(18-19(6)2)10(21)17-7-3-16-20(4-7)5-11(13,14)15/h3-4H,5H2,1-2H3,(H,17,21). The van der Waals surface area contributed by atoms with Gasteiger partial charge in [-0.2, -0.15) is 23.4 Å². The highest BCUT2D eigenvalue weighted by Crippen LogP contribution is 2.21. The Morgan fingerprint density at radius 3 is 2.67 bits per heavy atom. The van der Waals surface area contributed by atoms with Crippen molar-refractivity contribution in [3.63, 3.8) is 0 Å². The van der Waals surface area contributed by atoms with E-state index in [0.717, 1.165) is 12.4 Å². The van der Waals surface area contributed by atoms with Gasteiger partial charge in [-0.3, -0.25) is 14.2 Å². The quantitative estimate of drug-likeness (QED) is 0.944. The van der Waals surface area contributed by atoms with E-state index in [4.69, 9.17) is 11.6 Å². The number of halogens is 4. The van der Waals surface area contributed by atoms with Crippen molar-refractivity contribution in [2.45, 2.75) is 19.6 Å². The Labute approximate surface area is 122 Å². The van der Waals surface area contributed by atoms with Gasteiger partial charge in [0.15, 0.2) is 5.69 Å². The summed E-state index contributed by atoms with van der Waals surface area (Å²) in [4.78, 5) is 12.0. The third-order valence-corrected chi connectivity index (χ3v) is 3.16. The van der Waals surface area contributed by atoms with Crippen LogP contribution in [-0.4, -0.2) is 31.6 Å². The fourth-order valence-electron chi connectivity index (χ4n) is 1.62. The van der Waals surface area contributed by atoms with E-state index in [1.54, 1.807) is 14.0 Å². The van der Waals surface area contributed by atoms with Crippen LogP contribution >= 0.6 is 11.6 Å². The van der Waals surface area contributed by atoms with Crippen LogP contribution in [0.25, 0.3) is 0 Å². The van der Waals surface area contributed by atoms with Gasteiger partial charge in [0.2, 0.25) is 0 Å². The molecular formula is C11H11ClF3N5O. The average molecular weight is 322 g/mol. The molecule has 0 bridgehead atoms. The first-order chi connectivity index (χ1) is 9.67. The summed E-state index contributed by atoms with van der Waals surface area (Å²) in [6.45, 7) is 0.458. The predicted molar refractivity (Wildman–Crippen MR) is 69.2 cm³/mol. The van der Waals surface area contributed by atoms with Gasteiger partial charge >= 0.3 is 6.18 Å². The Kier molecular flexibility index (Phi) is 3.95. The van der Waals surface area contributed by atoms with Gasteiger partial charge in [-0.1, -0.05) is 11.6 Å². The minimum Gasteiger partial charge on any atom is -0.318 e. The van der Waals surface area contributed by atoms with Crippen LogP contribution in [-0.2, 0) is 13.6 Å². The first-order valence-corrected chi connectivity index (χ1v) is 6.15. The second-order valence-corrected chi connectivity index (χ2v) is 4.75. The Hall–Kier alpha value is -2.03. The maximum absolute atomic E-state index is 12.2. The molecule has 2 aromatic rings. The summed E-state index contributed by atoms with van der Waals surface area (Å²) in [6.07, 6.45) is -2.18. The van der Waals surface area contributed by atoms with Crippen molar-refractivity contribution in [3.05, 3.63) is 28.8 Å². The average Bonchev–Trinajstić information content (AvgIpc) is 2.87. The van der Waals surface area contributed by atoms with E-state index in [1.807, 2.05) is 0 Å². The largest absolute Gasteiger partial charge is 0.408 e. The third kappa shape index (κ3) is 3.54. The number of nitrogens with one attached hydrogen (secondary N) is 1. The van der Waals surface area contributed by atoms with E-state index in [1.165, 1.54) is 4.68 Å². The van der Waals surface area contributed by atoms with Gasteiger partial charge in [-0.25, -0.2) is 0 Å². The second kappa shape index (κ2) is 5.40. The van der Waals surface area contributed by atoms with Gasteiger partial charge in [0.05, 0.1) is 22.6 Å². The molecule has 0 spiro atoms. The number of alkyl halides is 3. The van der Waals surface area contributed by atoms with Crippen molar-refractivity contribution in [3.8, 4) is 0 Å². The van der Waals surface area contributed by atoms with Crippen molar-refractivity contribution in [2.75, 3.05) is 5.32 Å². The zero-order valence-corrected chi connectivity index (χ0v) is 11.8. The SMILES string of the molecule is Cc1c(Cl)c(C(=O)Nc2cnn(CC(F)(F)F)c2)nn1C. The highest BCUT2D eigenvalue weighted by molar-refractivity contribution is 6.34. The van der Waals surface area contributed by atoms with Crippen LogP contribution in [0.15, 0.2) is 12.4 Å². The Balaban J connectivity index is 2.11. The third-order valence-electron chi connectivity index (χ3n) is 2.71. The summed E-state index contributed by atoms with van der Waals surface area (Å²) in [5, 5.41) is 10.0. The monoisotopic (exact) mass is 321 g/mol. The fraction of sp³-hybridized carbons (Fsp3) is 0.364. The maximum atomic E-state index is 12.2. The van der Waals surface area contributed by atoms with E-state index >= 15 is 0 Å². The summed E-state index contributed by atoms with van der Waals surface area (Å²) in [7, 11) is 1.62. The highest BCUT2D eigenvalue weighted by Gasteiger charge is 2.28. The molecule has 0 fully saturated rings. The molecule has 0 atom stereocenters. The molecule has 0 radical (unpaired) electrons. The number of anilines is 1. The van der Waals surface area contributed by atoms with Gasteiger partial charge in [-0.15, -0.1) is 0 Å². The molecule has 114 valence electrons. The summed E-state index contributed by atoms with van der Waals surface area (Å²) in [6, 6.07) is 0. The van der Waals surface area contributed by atoms with E-state index < -0.39 is 18.6 Å². The number of carbonyl (C=O) groups excluding carboxylic acids is 1. The summed E-state index contributed by atoms with van der Waals surface area (Å²) in [5.41, 5.74) is 0.735. The van der Waals surface area contributed by atoms with Gasteiger partial charge in [0.25, 0.3) is 5.91 Å². The van der Waals surface area contributed by atoms with Crippen LogP contribution in [0, 0.1) is 6.92 Å². The van der Waals surface area contributed by atoms with Crippen LogP contribution in [0.4, 0.5) is 18.9 Å². The number of hydrogen-bond acceptors (Lipinski definition) is 3. The molecule has 1 N–H and O–H groups in total. The minimum absolute atomic E-state index is 0.000220. The van der Waals surface area contributed by atoms with Crippen LogP contribution in [0.5, 0.6) is 0 Å². The fourth-order valence-corrected chi connectivity index (χ4v) is 1.86. The lowest BCUT2D eigenvalue weighted by Crippen LogP contribution is -2.18. The van der Waals surface area contributed by atoms with Crippen LogP contribution in [0.2, 0.25) is 5.02 Å². The molecule has 0 aliphatic rings. The van der Waals surface area contributed by atoms with E-state index in [9.17, 15) is 18.0 Å². The van der Waals surface area contributed by atoms with Crippen LogP contribution in [0.1, 0.15) is 16.2 Å². The number of aryl methyl sites for hydroxylation is 1. The number of carbonyl (C=O) groups is 1. The molecule has 2 aromatic heterocycles. The normalized spacial score (nSPS) is 11.7. The smallest absolute Gasteiger partial charge is 0.318 e. The molecular weight excluding hydrogens is 311 g/mol. The number of amides is 1. The van der Waals surface area contributed by atoms with Gasteiger partial charge in [0, 0.05) is 13.2 Å². The highest BCUT2D eigenvalue weighted by atomic mass is 35.5. The second-order valence-electron chi connectivity index (χ2n) is 4.37. The molecule has 0 saturated heterocycles. The first-order valence-electron chi connectivity index (χ1n) is 5.77. The molecule has 2 heterocycles. The van der Waals surface area contributed by atoms with Crippen molar-refractivity contribution in [1.29, 1.82) is 0 Å². The van der Waals surface area contributed by atoms with Crippen molar-refractivity contribution in [1.82, 2.24) is 19.6 Å². The van der Waals surface area contributed by atoms with Crippen molar-refractivity contribution >= 4 is 23.2 Å². The molecule has 0 aliphatic carbocycles. The Morgan fingerprint density at radius 1 is 1.48 bits per heavy atom. The van der Waals surface area contributed by atoms with Crippen LogP contribution in [0.3, 0.4) is 0 Å². The van der Waals surface area contributed by atoms with Crippen molar-refractivity contribution < 1.29 is 18.0 Å². The predicted octanol–water partition coefficient (Wildman–Crippen LogP) is 2.39. The molecule has 21 heavy (non-hydrogen) atoms. The number of rotatable bonds is 3. The lowest BCUT2D eigenvalue weighted by Gasteiger charge is -2.05. The molecule has 1 amide bonds. The summed E-state index contributed by atoms with van der Waals surface area (Å²) < 4.78 is 38.7. The molecule has 2 rings (SSSR count).